The van der Waals surface area contributed by atoms with Gasteiger partial charge in [-0.2, -0.15) is 0 Å². The van der Waals surface area contributed by atoms with E-state index in [2.05, 4.69) is 38.1 Å². The van der Waals surface area contributed by atoms with Crippen LogP contribution in [0.25, 0.3) is 0 Å². The molecule has 0 saturated carbocycles. The van der Waals surface area contributed by atoms with Crippen LogP contribution >= 0.6 is 0 Å². The van der Waals surface area contributed by atoms with Gasteiger partial charge in [0.1, 0.15) is 0 Å². The van der Waals surface area contributed by atoms with Crippen molar-refractivity contribution in [3.63, 3.8) is 0 Å². The van der Waals surface area contributed by atoms with Crippen LogP contribution in [0.15, 0.2) is 24.3 Å². The van der Waals surface area contributed by atoms with Gasteiger partial charge in [-0.25, -0.2) is 0 Å². The Balaban J connectivity index is 2.40. The van der Waals surface area contributed by atoms with E-state index in [1.807, 2.05) is 11.9 Å². The molecule has 2 N–H and O–H groups in total. The number of hydrogen-bond donors (Lipinski definition) is 1. The van der Waals surface area contributed by atoms with Gasteiger partial charge in [-0.15, -0.1) is 0 Å². The van der Waals surface area contributed by atoms with Crippen molar-refractivity contribution < 1.29 is 4.79 Å². The van der Waals surface area contributed by atoms with Gasteiger partial charge < -0.3 is 10.6 Å². The lowest BCUT2D eigenvalue weighted by Gasteiger charge is -2.17. The van der Waals surface area contributed by atoms with Crippen LogP contribution in [0, 0.1) is 0 Å². The fourth-order valence-electron chi connectivity index (χ4n) is 2.16. The molecule has 20 heavy (non-hydrogen) atoms. The van der Waals surface area contributed by atoms with Gasteiger partial charge in [-0.05, 0) is 36.4 Å². The van der Waals surface area contributed by atoms with E-state index < -0.39 is 0 Å². The van der Waals surface area contributed by atoms with E-state index in [1.165, 1.54) is 11.1 Å². The van der Waals surface area contributed by atoms with Crippen molar-refractivity contribution in [2.45, 2.75) is 52.0 Å². The molecule has 0 fully saturated rings. The summed E-state index contributed by atoms with van der Waals surface area (Å²) in [5.41, 5.74) is 7.97. The molecule has 1 amide bonds. The van der Waals surface area contributed by atoms with Crippen molar-refractivity contribution in [3.8, 4) is 0 Å². The molecule has 0 aliphatic heterocycles. The number of unbranched alkanes of at least 4 members (excludes halogenated alkanes) is 2. The van der Waals surface area contributed by atoms with Gasteiger partial charge in [0.2, 0.25) is 5.91 Å². The van der Waals surface area contributed by atoms with Gasteiger partial charge in [0.15, 0.2) is 0 Å². The number of amides is 1. The van der Waals surface area contributed by atoms with Gasteiger partial charge in [0, 0.05) is 20.0 Å². The summed E-state index contributed by atoms with van der Waals surface area (Å²) in [7, 11) is 1.88. The number of rotatable bonds is 8. The quantitative estimate of drug-likeness (QED) is 0.741. The first-order valence-corrected chi connectivity index (χ1v) is 7.57. The molecule has 0 unspecified atom stereocenters. The van der Waals surface area contributed by atoms with E-state index in [0.29, 0.717) is 25.4 Å². The zero-order valence-corrected chi connectivity index (χ0v) is 13.1. The van der Waals surface area contributed by atoms with Crippen LogP contribution < -0.4 is 5.73 Å². The summed E-state index contributed by atoms with van der Waals surface area (Å²) >= 11 is 0. The molecule has 1 aromatic rings. The topological polar surface area (TPSA) is 46.3 Å². The molecule has 0 atom stereocenters. The van der Waals surface area contributed by atoms with Crippen molar-refractivity contribution in [3.05, 3.63) is 35.4 Å². The maximum Gasteiger partial charge on any atom is 0.222 e. The van der Waals surface area contributed by atoms with E-state index in [4.69, 9.17) is 5.73 Å². The molecule has 0 heterocycles. The van der Waals surface area contributed by atoms with E-state index in [-0.39, 0.29) is 5.91 Å². The number of hydrogen-bond acceptors (Lipinski definition) is 2. The smallest absolute Gasteiger partial charge is 0.222 e. The molecule has 0 aliphatic rings. The maximum atomic E-state index is 12.0. The highest BCUT2D eigenvalue weighted by Gasteiger charge is 2.09. The van der Waals surface area contributed by atoms with Crippen molar-refractivity contribution in [2.75, 3.05) is 13.6 Å². The van der Waals surface area contributed by atoms with Crippen LogP contribution in [0.2, 0.25) is 0 Å². The predicted molar refractivity (Wildman–Crippen MR) is 84.5 cm³/mol. The third-order valence-corrected chi connectivity index (χ3v) is 3.59. The molecule has 3 heteroatoms. The van der Waals surface area contributed by atoms with Crippen LogP contribution in [0.4, 0.5) is 0 Å². The Hall–Kier alpha value is -1.35. The predicted octanol–water partition coefficient (Wildman–Crippen LogP) is 3.29. The second-order valence-corrected chi connectivity index (χ2v) is 5.75. The van der Waals surface area contributed by atoms with Crippen LogP contribution in [0.5, 0.6) is 0 Å². The Morgan fingerprint density at radius 1 is 1.15 bits per heavy atom. The summed E-state index contributed by atoms with van der Waals surface area (Å²) in [4.78, 5) is 13.8. The Morgan fingerprint density at radius 2 is 1.80 bits per heavy atom. The molecule has 1 rings (SSSR count). The lowest BCUT2D eigenvalue weighted by molar-refractivity contribution is -0.130. The summed E-state index contributed by atoms with van der Waals surface area (Å²) in [5, 5.41) is 0. The molecule has 0 bridgehead atoms. The van der Waals surface area contributed by atoms with E-state index >= 15 is 0 Å². The average Bonchev–Trinajstić information content (AvgIpc) is 2.44. The SMILES string of the molecule is CC(C)c1ccc(CN(C)C(=O)CCCCCN)cc1. The molecular formula is C17H28N2O. The Labute approximate surface area is 123 Å². The van der Waals surface area contributed by atoms with Gasteiger partial charge in [0.05, 0.1) is 0 Å². The minimum absolute atomic E-state index is 0.218. The van der Waals surface area contributed by atoms with Crippen molar-refractivity contribution in [2.24, 2.45) is 5.73 Å². The van der Waals surface area contributed by atoms with Crippen LogP contribution in [0.1, 0.15) is 56.6 Å². The summed E-state index contributed by atoms with van der Waals surface area (Å²) < 4.78 is 0. The number of carbonyl (C=O) groups excluding carboxylic acids is 1. The van der Waals surface area contributed by atoms with Gasteiger partial charge in [0.25, 0.3) is 0 Å². The number of carbonyl (C=O) groups is 1. The molecule has 1 aromatic carbocycles. The Morgan fingerprint density at radius 3 is 2.35 bits per heavy atom. The van der Waals surface area contributed by atoms with Gasteiger partial charge in [-0.1, -0.05) is 44.5 Å². The molecule has 112 valence electrons. The highest BCUT2D eigenvalue weighted by atomic mass is 16.2. The summed E-state index contributed by atoms with van der Waals surface area (Å²) in [5.74, 6) is 0.765. The first-order chi connectivity index (χ1) is 9.54. The molecular weight excluding hydrogens is 248 g/mol. The lowest BCUT2D eigenvalue weighted by Crippen LogP contribution is -2.25. The van der Waals surface area contributed by atoms with Crippen molar-refractivity contribution >= 4 is 5.91 Å². The van der Waals surface area contributed by atoms with Gasteiger partial charge in [-0.3, -0.25) is 4.79 Å². The highest BCUT2D eigenvalue weighted by molar-refractivity contribution is 5.75. The monoisotopic (exact) mass is 276 g/mol. The number of benzene rings is 1. The van der Waals surface area contributed by atoms with Crippen LogP contribution in [-0.2, 0) is 11.3 Å². The van der Waals surface area contributed by atoms with Crippen LogP contribution in [-0.4, -0.2) is 24.4 Å². The minimum Gasteiger partial charge on any atom is -0.341 e. The van der Waals surface area contributed by atoms with Crippen molar-refractivity contribution in [1.82, 2.24) is 4.90 Å². The zero-order valence-electron chi connectivity index (χ0n) is 13.1. The molecule has 0 aromatic heterocycles. The third kappa shape index (κ3) is 5.74. The average molecular weight is 276 g/mol. The molecule has 0 aliphatic carbocycles. The molecule has 0 radical (unpaired) electrons. The van der Waals surface area contributed by atoms with E-state index in [0.717, 1.165) is 19.3 Å². The lowest BCUT2D eigenvalue weighted by atomic mass is 10.0. The second kappa shape index (κ2) is 8.75. The Kier molecular flexibility index (Phi) is 7.31. The summed E-state index contributed by atoms with van der Waals surface area (Å²) in [6, 6.07) is 8.54. The third-order valence-electron chi connectivity index (χ3n) is 3.59. The van der Waals surface area contributed by atoms with E-state index in [1.54, 1.807) is 0 Å². The molecule has 3 nitrogen and oxygen atoms in total. The first-order valence-electron chi connectivity index (χ1n) is 7.57. The standard InChI is InChI=1S/C17H28N2O/c1-14(2)16-10-8-15(9-11-16)13-19(3)17(20)7-5-4-6-12-18/h8-11,14H,4-7,12-13,18H2,1-3H3. The minimum atomic E-state index is 0.218. The summed E-state index contributed by atoms with van der Waals surface area (Å²) in [6.07, 6.45) is 3.61. The second-order valence-electron chi connectivity index (χ2n) is 5.75. The largest absolute Gasteiger partial charge is 0.341 e. The normalized spacial score (nSPS) is 10.8. The van der Waals surface area contributed by atoms with Gasteiger partial charge >= 0.3 is 0 Å². The molecule has 0 spiro atoms. The van der Waals surface area contributed by atoms with Crippen molar-refractivity contribution in [1.29, 1.82) is 0 Å². The Bertz CT molecular complexity index is 398. The fourth-order valence-corrected chi connectivity index (χ4v) is 2.16. The fraction of sp³-hybridized carbons (Fsp3) is 0.588. The maximum absolute atomic E-state index is 12.0. The van der Waals surface area contributed by atoms with E-state index in [9.17, 15) is 4.79 Å². The first kappa shape index (κ1) is 16.7. The number of nitrogens with zero attached hydrogens (tertiary/aromatic N) is 1. The zero-order chi connectivity index (χ0) is 15.0. The molecule has 0 saturated heterocycles. The summed E-state index contributed by atoms with van der Waals surface area (Å²) in [6.45, 7) is 5.78. The van der Waals surface area contributed by atoms with Crippen LogP contribution in [0.3, 0.4) is 0 Å². The number of nitrogens with two attached hydrogens (primary N) is 1. The highest BCUT2D eigenvalue weighted by Crippen LogP contribution is 2.15.